The number of hydrogen-bond donors (Lipinski definition) is 6. The van der Waals surface area contributed by atoms with Crippen LogP contribution in [0.4, 0.5) is 0 Å². The highest BCUT2D eigenvalue weighted by Gasteiger charge is 2.68. The first kappa shape index (κ1) is 21.8. The topological polar surface area (TPSA) is 182 Å². The Morgan fingerprint density at radius 3 is 2.38 bits per heavy atom. The summed E-state index contributed by atoms with van der Waals surface area (Å²) in [7, 11) is 2.88. The normalized spacial score (nSPS) is 32.1. The number of ketones is 2. The zero-order valence-corrected chi connectivity index (χ0v) is 17.2. The summed E-state index contributed by atoms with van der Waals surface area (Å²) in [5.41, 5.74) is 1.16. The molecule has 0 aliphatic heterocycles. The van der Waals surface area contributed by atoms with Crippen molar-refractivity contribution < 1.29 is 39.9 Å². The van der Waals surface area contributed by atoms with Crippen molar-refractivity contribution in [2.45, 2.75) is 17.7 Å². The van der Waals surface area contributed by atoms with Crippen molar-refractivity contribution >= 4 is 28.8 Å². The van der Waals surface area contributed by atoms with Crippen molar-refractivity contribution in [2.24, 2.45) is 17.6 Å². The number of carbonyl (C=O) groups is 3. The number of aliphatic hydroxyl groups is 4. The van der Waals surface area contributed by atoms with Gasteiger partial charge in [-0.3, -0.25) is 19.3 Å². The number of nitrogens with two attached hydrogens (primary N) is 1. The van der Waals surface area contributed by atoms with E-state index in [9.17, 15) is 39.9 Å². The molecular weight excluding hydrogens is 420 g/mol. The predicted molar refractivity (Wildman–Crippen MR) is 111 cm³/mol. The van der Waals surface area contributed by atoms with Crippen molar-refractivity contribution in [3.8, 4) is 5.75 Å². The fourth-order valence-electron chi connectivity index (χ4n) is 5.21. The van der Waals surface area contributed by atoms with Gasteiger partial charge in [-0.15, -0.1) is 0 Å². The lowest BCUT2D eigenvalue weighted by molar-refractivity contribution is -0.166. The summed E-state index contributed by atoms with van der Waals surface area (Å²) >= 11 is 0. The van der Waals surface area contributed by atoms with E-state index in [0.29, 0.717) is 0 Å². The van der Waals surface area contributed by atoms with Crippen LogP contribution in [-0.4, -0.2) is 79.7 Å². The van der Waals surface area contributed by atoms with Crippen molar-refractivity contribution in [2.75, 3.05) is 14.1 Å². The van der Waals surface area contributed by atoms with Crippen LogP contribution in [0.2, 0.25) is 0 Å². The van der Waals surface area contributed by atoms with Gasteiger partial charge in [-0.1, -0.05) is 18.7 Å². The molecule has 1 saturated carbocycles. The SMILES string of the molecule is C=C1c2cccc(O)c2C(O)=C2C(=O)[C@]3(O)C(O)=C(C(N)=O)C(=O)[C@@H](N(C)C)[C@@H]3[C@@H](O)C12. The largest absolute Gasteiger partial charge is 0.508 e. The molecule has 7 N–H and O–H groups in total. The number of aliphatic hydroxyl groups excluding tert-OH is 3. The summed E-state index contributed by atoms with van der Waals surface area (Å²) in [4.78, 5) is 39.8. The number of fused-ring (bicyclic) bond motifs is 3. The number of phenols is 1. The second-order valence-electron chi connectivity index (χ2n) is 8.44. The van der Waals surface area contributed by atoms with Gasteiger partial charge in [0.2, 0.25) is 5.78 Å². The lowest BCUT2D eigenvalue weighted by Crippen LogP contribution is -2.70. The molecule has 1 amide bonds. The maximum absolute atomic E-state index is 13.6. The van der Waals surface area contributed by atoms with Gasteiger partial charge in [0.1, 0.15) is 22.8 Å². The number of carbonyl (C=O) groups excluding carboxylic acids is 3. The van der Waals surface area contributed by atoms with Gasteiger partial charge in [0, 0.05) is 5.92 Å². The highest BCUT2D eigenvalue weighted by atomic mass is 16.4. The average Bonchev–Trinajstić information content (AvgIpc) is 2.70. The van der Waals surface area contributed by atoms with E-state index in [1.165, 1.54) is 37.2 Å². The summed E-state index contributed by atoms with van der Waals surface area (Å²) in [6.07, 6.45) is -1.69. The van der Waals surface area contributed by atoms with E-state index in [-0.39, 0.29) is 22.4 Å². The molecular formula is C22H22N2O8. The maximum Gasteiger partial charge on any atom is 0.255 e. The number of likely N-dealkylation sites (N-methyl/N-ethyl adjacent to an activating group) is 1. The Bertz CT molecular complexity index is 1180. The van der Waals surface area contributed by atoms with E-state index in [1.54, 1.807) is 0 Å². The van der Waals surface area contributed by atoms with E-state index in [2.05, 4.69) is 6.58 Å². The minimum absolute atomic E-state index is 0.124. The molecule has 168 valence electrons. The smallest absolute Gasteiger partial charge is 0.255 e. The van der Waals surface area contributed by atoms with Gasteiger partial charge in [-0.2, -0.15) is 0 Å². The molecule has 4 rings (SSSR count). The maximum atomic E-state index is 13.6. The zero-order chi connectivity index (χ0) is 23.9. The van der Waals surface area contributed by atoms with E-state index in [1.807, 2.05) is 0 Å². The quantitative estimate of drug-likeness (QED) is 0.326. The Labute approximate surface area is 182 Å². The number of benzene rings is 1. The minimum atomic E-state index is -2.94. The Hall–Kier alpha value is -3.47. The number of aromatic hydroxyl groups is 1. The predicted octanol–water partition coefficient (Wildman–Crippen LogP) is -0.594. The van der Waals surface area contributed by atoms with Gasteiger partial charge in [-0.05, 0) is 31.3 Å². The van der Waals surface area contributed by atoms with Crippen LogP contribution in [0.1, 0.15) is 11.1 Å². The van der Waals surface area contributed by atoms with Gasteiger partial charge >= 0.3 is 0 Å². The third kappa shape index (κ3) is 2.42. The zero-order valence-electron chi connectivity index (χ0n) is 17.2. The second kappa shape index (κ2) is 6.76. The van der Waals surface area contributed by atoms with E-state index < -0.39 is 69.7 Å². The summed E-state index contributed by atoms with van der Waals surface area (Å²) < 4.78 is 0. The first-order valence-electron chi connectivity index (χ1n) is 9.71. The van der Waals surface area contributed by atoms with E-state index in [4.69, 9.17) is 5.73 Å². The third-order valence-corrected chi connectivity index (χ3v) is 6.61. The molecule has 0 bridgehead atoms. The molecule has 0 heterocycles. The van der Waals surface area contributed by atoms with Gasteiger partial charge < -0.3 is 31.3 Å². The molecule has 0 radical (unpaired) electrons. The van der Waals surface area contributed by atoms with Crippen molar-refractivity contribution in [1.29, 1.82) is 0 Å². The number of nitrogens with zero attached hydrogens (tertiary/aromatic N) is 1. The molecule has 1 fully saturated rings. The van der Waals surface area contributed by atoms with Crippen LogP contribution < -0.4 is 5.73 Å². The van der Waals surface area contributed by atoms with Crippen LogP contribution in [0.25, 0.3) is 11.3 Å². The summed E-state index contributed by atoms with van der Waals surface area (Å²) in [5.74, 6) is -8.78. The van der Waals surface area contributed by atoms with Crippen LogP contribution in [-0.2, 0) is 14.4 Å². The average molecular weight is 442 g/mol. The van der Waals surface area contributed by atoms with Gasteiger partial charge in [0.15, 0.2) is 11.4 Å². The first-order chi connectivity index (χ1) is 14.9. The van der Waals surface area contributed by atoms with Crippen LogP contribution >= 0.6 is 0 Å². The van der Waals surface area contributed by atoms with Crippen LogP contribution in [0.5, 0.6) is 5.75 Å². The summed E-state index contributed by atoms with van der Waals surface area (Å²) in [6, 6.07) is 2.89. The molecule has 10 nitrogen and oxygen atoms in total. The lowest BCUT2D eigenvalue weighted by Gasteiger charge is -2.52. The summed E-state index contributed by atoms with van der Waals surface area (Å²) in [6.45, 7) is 3.91. The molecule has 1 aromatic rings. The lowest BCUT2D eigenvalue weighted by atomic mass is 9.55. The highest BCUT2D eigenvalue weighted by Crippen LogP contribution is 2.55. The van der Waals surface area contributed by atoms with Gasteiger partial charge in [0.05, 0.1) is 29.2 Å². The standard InChI is InChI=1S/C22H22N2O8/c1-7-8-5-4-6-9(25)11(8)16(26)12-10(7)17(27)14-15(24(2)3)18(28)13(21(23)31)20(30)22(14,32)19(12)29/h4-6,10,14-15,17,25-27,30,32H,1H2,2-3H3,(H2,23,31)/t10?,14-,15+,17+,22+/m1/s1. The van der Waals surface area contributed by atoms with Crippen molar-refractivity contribution in [3.63, 3.8) is 0 Å². The molecule has 3 aliphatic rings. The Balaban J connectivity index is 2.08. The number of phenolic OH excluding ortho intramolecular Hbond substituents is 1. The molecule has 3 aliphatic carbocycles. The molecule has 5 atom stereocenters. The van der Waals surface area contributed by atoms with Crippen LogP contribution in [0.15, 0.2) is 41.7 Å². The number of primary amides is 1. The number of Topliss-reactive ketones (excluding diaryl/α,β-unsaturated/α-hetero) is 2. The number of hydrogen-bond acceptors (Lipinski definition) is 9. The van der Waals surface area contributed by atoms with E-state index in [0.717, 1.165) is 0 Å². The van der Waals surface area contributed by atoms with E-state index >= 15 is 0 Å². The molecule has 1 aromatic carbocycles. The summed E-state index contributed by atoms with van der Waals surface area (Å²) in [5, 5.41) is 54.7. The molecule has 32 heavy (non-hydrogen) atoms. The van der Waals surface area contributed by atoms with Crippen LogP contribution in [0, 0.1) is 11.8 Å². The first-order valence-corrected chi connectivity index (χ1v) is 9.71. The minimum Gasteiger partial charge on any atom is -0.508 e. The molecule has 0 saturated heterocycles. The molecule has 0 spiro atoms. The van der Waals surface area contributed by atoms with Crippen LogP contribution in [0.3, 0.4) is 0 Å². The molecule has 1 unspecified atom stereocenters. The Morgan fingerprint density at radius 1 is 1.19 bits per heavy atom. The highest BCUT2D eigenvalue weighted by molar-refractivity contribution is 6.25. The fourth-order valence-corrected chi connectivity index (χ4v) is 5.21. The monoisotopic (exact) mass is 442 g/mol. The Morgan fingerprint density at radius 2 is 1.81 bits per heavy atom. The van der Waals surface area contributed by atoms with Crippen molar-refractivity contribution in [1.82, 2.24) is 4.90 Å². The number of amides is 1. The van der Waals surface area contributed by atoms with Crippen molar-refractivity contribution in [3.05, 3.63) is 52.8 Å². The molecule has 10 heteroatoms. The van der Waals surface area contributed by atoms with Gasteiger partial charge in [0.25, 0.3) is 5.91 Å². The third-order valence-electron chi connectivity index (χ3n) is 6.61. The van der Waals surface area contributed by atoms with Gasteiger partial charge in [-0.25, -0.2) is 0 Å². The number of rotatable bonds is 2. The molecule has 0 aromatic heterocycles. The fraction of sp³-hybridized carbons (Fsp3) is 0.318. The second-order valence-corrected chi connectivity index (χ2v) is 8.44. The Kier molecular flexibility index (Phi) is 4.60.